The lowest BCUT2D eigenvalue weighted by Crippen LogP contribution is -2.02. The predicted molar refractivity (Wildman–Crippen MR) is 96.5 cm³/mol. The molecule has 2 heteroatoms. The van der Waals surface area contributed by atoms with Gasteiger partial charge in [0.25, 0.3) is 0 Å². The van der Waals surface area contributed by atoms with Gasteiger partial charge in [0.05, 0.1) is 6.10 Å². The molecule has 2 nitrogen and oxygen atoms in total. The van der Waals surface area contributed by atoms with E-state index in [9.17, 15) is 5.11 Å². The summed E-state index contributed by atoms with van der Waals surface area (Å²) >= 11 is 0. The maximum Gasteiger partial charge on any atom is 0.123 e. The van der Waals surface area contributed by atoms with E-state index in [1.54, 1.807) is 6.07 Å². The molecule has 124 valence electrons. The number of hydrogen-bond acceptors (Lipinski definition) is 2. The summed E-state index contributed by atoms with van der Waals surface area (Å²) in [6.45, 7) is 6.05. The highest BCUT2D eigenvalue weighted by Gasteiger charge is 2.47. The monoisotopic (exact) mass is 312 g/mol. The van der Waals surface area contributed by atoms with Crippen LogP contribution in [0.5, 0.6) is 5.75 Å². The summed E-state index contributed by atoms with van der Waals surface area (Å²) in [7, 11) is 0. The molecule has 0 aliphatic heterocycles. The van der Waals surface area contributed by atoms with Gasteiger partial charge in [-0.25, -0.2) is 0 Å². The molecule has 3 unspecified atom stereocenters. The molecule has 0 heterocycles. The molecule has 2 fully saturated rings. The number of para-hydroxylation sites is 1. The van der Waals surface area contributed by atoms with Gasteiger partial charge < -0.3 is 10.2 Å². The smallest absolute Gasteiger partial charge is 0.123 e. The molecule has 2 aromatic carbocycles. The molecule has 0 bridgehead atoms. The summed E-state index contributed by atoms with van der Waals surface area (Å²) in [6.07, 6.45) is 3.78. The van der Waals surface area contributed by atoms with Crippen LogP contribution in [0.2, 0.25) is 0 Å². The Kier molecular flexibility index (Phi) is 6.23. The number of aryl methyl sites for hydroxylation is 1. The standard InChI is InChI=1S/C13H12O.C6H10O.C2H6/c1-10-5-4-6-11(9-10)12-7-2-3-8-13(12)14;7-6-2-1-4-3-5(4)6;1-2/h2-9,14H,1H3;4-7H,1-3H2;1-2H3. The van der Waals surface area contributed by atoms with Crippen molar-refractivity contribution in [2.45, 2.75) is 46.1 Å². The first kappa shape index (κ1) is 17.6. The average molecular weight is 312 g/mol. The first-order valence-corrected chi connectivity index (χ1v) is 8.68. The number of aliphatic hydroxyl groups is 1. The van der Waals surface area contributed by atoms with Crippen molar-refractivity contribution in [3.8, 4) is 16.9 Å². The van der Waals surface area contributed by atoms with E-state index >= 15 is 0 Å². The highest BCUT2D eigenvalue weighted by molar-refractivity contribution is 5.70. The lowest BCUT2D eigenvalue weighted by molar-refractivity contribution is 0.159. The highest BCUT2D eigenvalue weighted by Crippen LogP contribution is 2.51. The van der Waals surface area contributed by atoms with Crippen molar-refractivity contribution in [2.75, 3.05) is 0 Å². The largest absolute Gasteiger partial charge is 0.507 e. The number of hydrogen-bond donors (Lipinski definition) is 2. The zero-order chi connectivity index (χ0) is 16.8. The lowest BCUT2D eigenvalue weighted by Gasteiger charge is -2.04. The molecule has 0 spiro atoms. The molecule has 0 saturated heterocycles. The highest BCUT2D eigenvalue weighted by atomic mass is 16.3. The minimum absolute atomic E-state index is 0.0880. The topological polar surface area (TPSA) is 40.5 Å². The Hall–Kier alpha value is -1.80. The number of fused-ring (bicyclic) bond motifs is 1. The zero-order valence-electron chi connectivity index (χ0n) is 14.4. The van der Waals surface area contributed by atoms with E-state index in [4.69, 9.17) is 5.11 Å². The fourth-order valence-electron chi connectivity index (χ4n) is 3.20. The minimum atomic E-state index is 0.0880. The maximum absolute atomic E-state index is 9.65. The van der Waals surface area contributed by atoms with Crippen LogP contribution in [-0.2, 0) is 0 Å². The number of rotatable bonds is 1. The predicted octanol–water partition coefficient (Wildman–Crippen LogP) is 5.17. The van der Waals surface area contributed by atoms with Crippen LogP contribution in [0.15, 0.2) is 48.5 Å². The summed E-state index contributed by atoms with van der Waals surface area (Å²) in [4.78, 5) is 0. The van der Waals surface area contributed by atoms with Crippen LogP contribution in [0.25, 0.3) is 11.1 Å². The van der Waals surface area contributed by atoms with Gasteiger partial charge in [0, 0.05) is 5.56 Å². The third-order valence-electron chi connectivity index (χ3n) is 4.54. The number of benzene rings is 2. The van der Waals surface area contributed by atoms with Crippen molar-refractivity contribution in [3.63, 3.8) is 0 Å². The van der Waals surface area contributed by atoms with Gasteiger partial charge in [0.1, 0.15) is 5.75 Å². The van der Waals surface area contributed by atoms with Crippen molar-refractivity contribution in [2.24, 2.45) is 11.8 Å². The van der Waals surface area contributed by atoms with E-state index < -0.39 is 0 Å². The lowest BCUT2D eigenvalue weighted by atomic mass is 10.0. The van der Waals surface area contributed by atoms with Crippen molar-refractivity contribution >= 4 is 0 Å². The Morgan fingerprint density at radius 3 is 2.17 bits per heavy atom. The quantitative estimate of drug-likeness (QED) is 0.762. The molecule has 4 rings (SSSR count). The van der Waals surface area contributed by atoms with Crippen LogP contribution >= 0.6 is 0 Å². The van der Waals surface area contributed by atoms with Gasteiger partial charge in [-0.2, -0.15) is 0 Å². The molecule has 2 aliphatic carbocycles. The van der Waals surface area contributed by atoms with E-state index in [1.807, 2.05) is 57.2 Å². The summed E-state index contributed by atoms with van der Waals surface area (Å²) in [5, 5.41) is 18.7. The fraction of sp³-hybridized carbons (Fsp3) is 0.429. The van der Waals surface area contributed by atoms with Gasteiger partial charge in [-0.3, -0.25) is 0 Å². The van der Waals surface area contributed by atoms with E-state index in [1.165, 1.54) is 18.4 Å². The number of phenolic OH excluding ortho intramolecular Hbond substituents is 1. The molecule has 2 aliphatic rings. The van der Waals surface area contributed by atoms with Crippen molar-refractivity contribution in [3.05, 3.63) is 54.1 Å². The van der Waals surface area contributed by atoms with Crippen LogP contribution < -0.4 is 0 Å². The van der Waals surface area contributed by atoms with Gasteiger partial charge in [0.2, 0.25) is 0 Å². The van der Waals surface area contributed by atoms with Crippen LogP contribution in [0.4, 0.5) is 0 Å². The van der Waals surface area contributed by atoms with E-state index in [2.05, 4.69) is 6.07 Å². The van der Waals surface area contributed by atoms with Crippen LogP contribution in [0.1, 0.15) is 38.7 Å². The molecule has 2 aromatic rings. The van der Waals surface area contributed by atoms with E-state index in [-0.39, 0.29) is 6.10 Å². The molecule has 2 N–H and O–H groups in total. The normalized spacial score (nSPS) is 23.7. The molecule has 0 amide bonds. The Morgan fingerprint density at radius 1 is 0.957 bits per heavy atom. The minimum Gasteiger partial charge on any atom is -0.507 e. The molecular weight excluding hydrogens is 284 g/mol. The first-order valence-electron chi connectivity index (χ1n) is 8.68. The Morgan fingerprint density at radius 2 is 1.70 bits per heavy atom. The third kappa shape index (κ3) is 4.59. The SMILES string of the molecule is CC.Cc1cccc(-c2ccccc2O)c1.OC1CCC2CC12. The van der Waals surface area contributed by atoms with E-state index in [0.717, 1.165) is 29.4 Å². The van der Waals surface area contributed by atoms with Gasteiger partial charge in [-0.1, -0.05) is 61.9 Å². The molecule has 0 aromatic heterocycles. The van der Waals surface area contributed by atoms with Gasteiger partial charge in [-0.15, -0.1) is 0 Å². The van der Waals surface area contributed by atoms with Crippen LogP contribution in [0.3, 0.4) is 0 Å². The molecule has 2 saturated carbocycles. The Labute approximate surface area is 139 Å². The second-order valence-corrected chi connectivity index (χ2v) is 6.19. The van der Waals surface area contributed by atoms with Gasteiger partial charge in [-0.05, 0) is 49.7 Å². The Bertz CT molecular complexity index is 621. The van der Waals surface area contributed by atoms with E-state index in [0.29, 0.717) is 5.75 Å². The maximum atomic E-state index is 9.65. The third-order valence-corrected chi connectivity index (χ3v) is 4.54. The fourth-order valence-corrected chi connectivity index (χ4v) is 3.20. The average Bonchev–Trinajstić information content (AvgIpc) is 3.28. The van der Waals surface area contributed by atoms with Gasteiger partial charge in [0.15, 0.2) is 0 Å². The second kappa shape index (κ2) is 8.16. The summed E-state index contributed by atoms with van der Waals surface area (Å²) in [6, 6.07) is 15.5. The van der Waals surface area contributed by atoms with Crippen molar-refractivity contribution in [1.82, 2.24) is 0 Å². The number of aromatic hydroxyl groups is 1. The Balaban J connectivity index is 0.000000177. The number of phenols is 1. The first-order chi connectivity index (χ1) is 11.1. The molecule has 0 radical (unpaired) electrons. The van der Waals surface area contributed by atoms with Gasteiger partial charge >= 0.3 is 0 Å². The second-order valence-electron chi connectivity index (χ2n) is 6.19. The summed E-state index contributed by atoms with van der Waals surface area (Å²) in [5.41, 5.74) is 3.14. The molecular formula is C21H28O2. The van der Waals surface area contributed by atoms with Crippen LogP contribution in [-0.4, -0.2) is 16.3 Å². The van der Waals surface area contributed by atoms with Crippen LogP contribution in [0, 0.1) is 18.8 Å². The molecule has 23 heavy (non-hydrogen) atoms. The van der Waals surface area contributed by atoms with Crippen molar-refractivity contribution < 1.29 is 10.2 Å². The summed E-state index contributed by atoms with van der Waals surface area (Å²) < 4.78 is 0. The van der Waals surface area contributed by atoms with Crippen molar-refractivity contribution in [1.29, 1.82) is 0 Å². The zero-order valence-corrected chi connectivity index (χ0v) is 14.4. The molecule has 3 atom stereocenters. The summed E-state index contributed by atoms with van der Waals surface area (Å²) in [5.74, 6) is 2.01. The number of aliphatic hydroxyl groups excluding tert-OH is 1.